The normalized spacial score (nSPS) is 11.5. The monoisotopic (exact) mass is 360 g/mol. The topological polar surface area (TPSA) is 113 Å². The Bertz CT molecular complexity index is 875. The molecule has 0 fully saturated rings. The number of pyridine rings is 1. The summed E-state index contributed by atoms with van der Waals surface area (Å²) in [4.78, 5) is 26.4. The van der Waals surface area contributed by atoms with Gasteiger partial charge in [-0.05, 0) is 48.0 Å². The van der Waals surface area contributed by atoms with Crippen molar-refractivity contribution in [2.24, 2.45) is 0 Å². The molecule has 0 aliphatic rings. The van der Waals surface area contributed by atoms with Gasteiger partial charge in [0, 0.05) is 24.5 Å². The van der Waals surface area contributed by atoms with E-state index in [1.54, 1.807) is 30.6 Å². The van der Waals surface area contributed by atoms with Gasteiger partial charge in [0.1, 0.15) is 0 Å². The highest BCUT2D eigenvalue weighted by Crippen LogP contribution is 2.12. The number of nitrogens with one attached hydrogen (secondary N) is 1. The third-order valence-corrected chi connectivity index (χ3v) is 4.67. The first-order valence-electron chi connectivity index (χ1n) is 7.32. The van der Waals surface area contributed by atoms with Crippen LogP contribution in [-0.2, 0) is 14.8 Å². The van der Waals surface area contributed by atoms with Gasteiger partial charge in [-0.2, -0.15) is 0 Å². The zero-order chi connectivity index (χ0) is 18.3. The molecule has 0 unspecified atom stereocenters. The molecular formula is C17H16N2O5S. The van der Waals surface area contributed by atoms with Crippen molar-refractivity contribution in [3.63, 3.8) is 0 Å². The number of ketones is 1. The van der Waals surface area contributed by atoms with Gasteiger partial charge in [0.15, 0.2) is 5.78 Å². The molecule has 2 aromatic rings. The molecule has 0 amide bonds. The van der Waals surface area contributed by atoms with Crippen LogP contribution in [0.3, 0.4) is 0 Å². The van der Waals surface area contributed by atoms with Crippen molar-refractivity contribution in [3.8, 4) is 0 Å². The fraction of sp³-hybridized carbons (Fsp3) is 0.118. The van der Waals surface area contributed by atoms with Gasteiger partial charge in [-0.3, -0.25) is 14.6 Å². The maximum Gasteiger partial charge on any atom is 0.304 e. The van der Waals surface area contributed by atoms with Crippen molar-refractivity contribution in [1.29, 1.82) is 0 Å². The van der Waals surface area contributed by atoms with Crippen LogP contribution < -0.4 is 4.72 Å². The number of aliphatic carboxylic acids is 1. The molecule has 1 aromatic heterocycles. The summed E-state index contributed by atoms with van der Waals surface area (Å²) in [6.45, 7) is -0.202. The molecule has 8 heteroatoms. The number of nitrogens with zero attached hydrogens (tertiary/aromatic N) is 1. The van der Waals surface area contributed by atoms with E-state index in [9.17, 15) is 18.0 Å². The second-order valence-corrected chi connectivity index (χ2v) is 6.82. The number of sulfonamides is 1. The Balaban J connectivity index is 2.05. The van der Waals surface area contributed by atoms with E-state index >= 15 is 0 Å². The van der Waals surface area contributed by atoms with Gasteiger partial charge in [-0.25, -0.2) is 13.1 Å². The highest BCUT2D eigenvalue weighted by atomic mass is 32.2. The van der Waals surface area contributed by atoms with Crippen molar-refractivity contribution in [2.75, 3.05) is 6.54 Å². The summed E-state index contributed by atoms with van der Waals surface area (Å²) in [6, 6.07) is 8.96. The molecule has 0 saturated carbocycles. The molecule has 25 heavy (non-hydrogen) atoms. The number of carboxylic acids is 1. The maximum absolute atomic E-state index is 12.1. The molecule has 0 aliphatic carbocycles. The minimum atomic E-state index is -3.80. The molecule has 0 spiro atoms. The average Bonchev–Trinajstić information content (AvgIpc) is 2.60. The highest BCUT2D eigenvalue weighted by Gasteiger charge is 2.14. The summed E-state index contributed by atoms with van der Waals surface area (Å²) in [7, 11) is -3.80. The van der Waals surface area contributed by atoms with Crippen LogP contribution in [0, 0.1) is 0 Å². The van der Waals surface area contributed by atoms with E-state index < -0.39 is 16.0 Å². The summed E-state index contributed by atoms with van der Waals surface area (Å²) in [5.41, 5.74) is 1.11. The molecule has 130 valence electrons. The number of benzene rings is 1. The molecule has 0 aliphatic heterocycles. The van der Waals surface area contributed by atoms with Gasteiger partial charge in [0.05, 0.1) is 11.3 Å². The van der Waals surface area contributed by atoms with Crippen molar-refractivity contribution >= 4 is 27.9 Å². The van der Waals surface area contributed by atoms with Crippen molar-refractivity contribution < 1.29 is 23.1 Å². The number of carboxylic acid groups (broad SMARTS) is 1. The van der Waals surface area contributed by atoms with Crippen LogP contribution in [0.4, 0.5) is 0 Å². The molecule has 0 bridgehead atoms. The molecule has 1 heterocycles. The molecule has 0 atom stereocenters. The van der Waals surface area contributed by atoms with E-state index in [2.05, 4.69) is 9.71 Å². The highest BCUT2D eigenvalue weighted by molar-refractivity contribution is 7.89. The van der Waals surface area contributed by atoms with Crippen molar-refractivity contribution in [2.45, 2.75) is 11.3 Å². The molecule has 0 radical (unpaired) electrons. The molecular weight excluding hydrogens is 344 g/mol. The number of aromatic nitrogens is 1. The summed E-state index contributed by atoms with van der Waals surface area (Å²) >= 11 is 0. The number of carbonyl (C=O) groups is 2. The Morgan fingerprint density at radius 1 is 1.16 bits per heavy atom. The molecule has 1 aromatic carbocycles. The van der Waals surface area contributed by atoms with Crippen LogP contribution in [0.1, 0.15) is 22.3 Å². The Hall–Kier alpha value is -2.84. The van der Waals surface area contributed by atoms with Gasteiger partial charge in [0.2, 0.25) is 10.0 Å². The fourth-order valence-electron chi connectivity index (χ4n) is 1.92. The number of allylic oxidation sites excluding steroid dienone is 1. The Morgan fingerprint density at radius 2 is 1.88 bits per heavy atom. The zero-order valence-corrected chi connectivity index (χ0v) is 13.9. The summed E-state index contributed by atoms with van der Waals surface area (Å²) in [6.07, 6.45) is 5.93. The SMILES string of the molecule is O=C(O)CCNS(=O)(=O)c1ccc(C(=O)C=Cc2cccnc2)cc1. The number of hydrogen-bond donors (Lipinski definition) is 2. The summed E-state index contributed by atoms with van der Waals surface area (Å²) < 4.78 is 26.2. The van der Waals surface area contributed by atoms with Gasteiger partial charge >= 0.3 is 5.97 Å². The second-order valence-electron chi connectivity index (χ2n) is 5.05. The third kappa shape index (κ3) is 5.63. The van der Waals surface area contributed by atoms with E-state index in [4.69, 9.17) is 5.11 Å². The number of carbonyl (C=O) groups excluding carboxylic acids is 1. The third-order valence-electron chi connectivity index (χ3n) is 3.19. The Morgan fingerprint density at radius 3 is 2.48 bits per heavy atom. The molecule has 0 saturated heterocycles. The first-order chi connectivity index (χ1) is 11.9. The van der Waals surface area contributed by atoms with E-state index in [-0.39, 0.29) is 23.6 Å². The lowest BCUT2D eigenvalue weighted by molar-refractivity contribution is -0.136. The van der Waals surface area contributed by atoms with Gasteiger partial charge < -0.3 is 5.11 Å². The van der Waals surface area contributed by atoms with Gasteiger partial charge in [0.25, 0.3) is 0 Å². The van der Waals surface area contributed by atoms with Crippen LogP contribution in [0.25, 0.3) is 6.08 Å². The predicted octanol–water partition coefficient (Wildman–Crippen LogP) is 1.73. The minimum Gasteiger partial charge on any atom is -0.481 e. The van der Waals surface area contributed by atoms with Crippen LogP contribution in [0.2, 0.25) is 0 Å². The zero-order valence-electron chi connectivity index (χ0n) is 13.1. The maximum atomic E-state index is 12.1. The summed E-state index contributed by atoms with van der Waals surface area (Å²) in [5, 5.41) is 8.53. The van der Waals surface area contributed by atoms with Crippen molar-refractivity contribution in [1.82, 2.24) is 9.71 Å². The largest absolute Gasteiger partial charge is 0.481 e. The lowest BCUT2D eigenvalue weighted by Gasteiger charge is -2.06. The summed E-state index contributed by atoms with van der Waals surface area (Å²) in [5.74, 6) is -1.37. The van der Waals surface area contributed by atoms with Crippen molar-refractivity contribution in [3.05, 3.63) is 66.0 Å². The number of hydrogen-bond acceptors (Lipinski definition) is 5. The number of rotatable bonds is 8. The fourth-order valence-corrected chi connectivity index (χ4v) is 2.95. The van der Waals surface area contributed by atoms with Crippen LogP contribution in [0.15, 0.2) is 59.8 Å². The first-order valence-corrected chi connectivity index (χ1v) is 8.81. The van der Waals surface area contributed by atoms with Crippen LogP contribution in [0.5, 0.6) is 0 Å². The van der Waals surface area contributed by atoms with E-state index in [1.807, 2.05) is 0 Å². The smallest absolute Gasteiger partial charge is 0.304 e. The minimum absolute atomic E-state index is 0.0364. The van der Waals surface area contributed by atoms with E-state index in [1.165, 1.54) is 30.3 Å². The standard InChI is InChI=1S/C17H16N2O5S/c20-16(8-3-13-2-1-10-18-12-13)14-4-6-15(7-5-14)25(23,24)19-11-9-17(21)22/h1-8,10,12,19H,9,11H2,(H,21,22). The Kier molecular flexibility index (Phi) is 6.15. The van der Waals surface area contributed by atoms with E-state index in [0.29, 0.717) is 5.56 Å². The lowest BCUT2D eigenvalue weighted by atomic mass is 10.1. The van der Waals surface area contributed by atoms with Gasteiger partial charge in [-0.1, -0.05) is 6.07 Å². The molecule has 7 nitrogen and oxygen atoms in total. The second kappa shape index (κ2) is 8.32. The quantitative estimate of drug-likeness (QED) is 0.547. The average molecular weight is 360 g/mol. The van der Waals surface area contributed by atoms with Gasteiger partial charge in [-0.15, -0.1) is 0 Å². The molecule has 2 N–H and O–H groups in total. The Labute approximate surface area is 145 Å². The van der Waals surface area contributed by atoms with Crippen LogP contribution >= 0.6 is 0 Å². The van der Waals surface area contributed by atoms with Crippen LogP contribution in [-0.4, -0.2) is 36.8 Å². The lowest BCUT2D eigenvalue weighted by Crippen LogP contribution is -2.26. The predicted molar refractivity (Wildman–Crippen MR) is 91.5 cm³/mol. The van der Waals surface area contributed by atoms with E-state index in [0.717, 1.165) is 5.56 Å². The first kappa shape index (κ1) is 18.5. The molecule has 2 rings (SSSR count).